The van der Waals surface area contributed by atoms with Crippen LogP contribution in [0.15, 0.2) is 11.8 Å². The maximum absolute atomic E-state index is 12.7. The molecule has 0 spiro atoms. The summed E-state index contributed by atoms with van der Waals surface area (Å²) in [5.74, 6) is -0.104. The summed E-state index contributed by atoms with van der Waals surface area (Å²) in [4.78, 5) is 12.7. The quantitative estimate of drug-likeness (QED) is 0.0584. The highest BCUT2D eigenvalue weighted by Gasteiger charge is 2.53. The van der Waals surface area contributed by atoms with E-state index in [2.05, 4.69) is 16.0 Å². The molecule has 1 saturated heterocycles. The van der Waals surface area contributed by atoms with Crippen molar-refractivity contribution in [3.05, 3.63) is 11.8 Å². The molecule has 11 unspecified atom stereocenters. The van der Waals surface area contributed by atoms with Crippen molar-refractivity contribution in [1.82, 2.24) is 21.0 Å². The van der Waals surface area contributed by atoms with Gasteiger partial charge in [0.1, 0.15) is 29.7 Å². The zero-order chi connectivity index (χ0) is 30.3. The molecular formula is C25H49N7O9. The summed E-state index contributed by atoms with van der Waals surface area (Å²) in [5, 5.41) is 61.5. The van der Waals surface area contributed by atoms with Crippen molar-refractivity contribution < 1.29 is 44.6 Å². The number of aliphatic hydroxyl groups excluding tert-OH is 3. The molecule has 3 rings (SSSR count). The topological polar surface area (TPSA) is 263 Å². The molecule has 0 aromatic carbocycles. The molecule has 3 aliphatic rings. The highest BCUT2D eigenvalue weighted by atomic mass is 16.7. The zero-order valence-electron chi connectivity index (χ0n) is 23.8. The van der Waals surface area contributed by atoms with Crippen LogP contribution in [0.25, 0.3) is 0 Å². The second-order valence-electron chi connectivity index (χ2n) is 11.2. The fraction of sp³-hybridized carbons (Fsp3) is 0.880. The summed E-state index contributed by atoms with van der Waals surface area (Å²) in [7, 11) is 1.58. The van der Waals surface area contributed by atoms with E-state index in [9.17, 15) is 25.3 Å². The van der Waals surface area contributed by atoms with Crippen LogP contribution in [0, 0.1) is 5.92 Å². The number of nitrogens with two attached hydrogens (primary N) is 3. The van der Waals surface area contributed by atoms with Crippen LogP contribution in [0.3, 0.4) is 0 Å². The number of nitrogens with zero attached hydrogens (tertiary/aromatic N) is 1. The van der Waals surface area contributed by atoms with Crippen LogP contribution < -0.4 is 33.2 Å². The first-order valence-corrected chi connectivity index (χ1v) is 14.1. The molecule has 0 radical (unpaired) electrons. The predicted octanol–water partition coefficient (Wildman–Crippen LogP) is -4.16. The van der Waals surface area contributed by atoms with Crippen molar-refractivity contribution in [2.45, 2.75) is 86.7 Å². The standard InChI is InChI=1S/C25H49N7O9/c1-25(37)12-39-23(19(35)22(25)29-2)41-21-16(31-24(36)32(38)8-6-26)10-15(28)17(18(21)34)20-14(27)5-4-13(40-20)11-30-7-3-9-33/h4,14-23,29-30,33-35,37-38H,3,5-12,26-28H2,1-2H3,(H,31,36). The normalized spacial score (nSPS) is 39.5. The largest absolute Gasteiger partial charge is 0.492 e. The Bertz CT molecular complexity index is 869. The molecule has 14 N–H and O–H groups in total. The molecule has 0 aromatic rings. The van der Waals surface area contributed by atoms with Gasteiger partial charge >= 0.3 is 6.03 Å². The number of aliphatic hydroxyl groups is 4. The molecule has 1 saturated carbocycles. The molecule has 0 bridgehead atoms. The van der Waals surface area contributed by atoms with Crippen LogP contribution in [0.1, 0.15) is 26.2 Å². The van der Waals surface area contributed by atoms with Gasteiger partial charge in [-0.1, -0.05) is 0 Å². The maximum atomic E-state index is 12.7. The third kappa shape index (κ3) is 8.25. The average Bonchev–Trinajstić information content (AvgIpc) is 2.91. The predicted molar refractivity (Wildman–Crippen MR) is 146 cm³/mol. The van der Waals surface area contributed by atoms with E-state index in [1.165, 1.54) is 6.92 Å². The summed E-state index contributed by atoms with van der Waals surface area (Å²) < 4.78 is 18.0. The van der Waals surface area contributed by atoms with Crippen LogP contribution in [-0.2, 0) is 14.2 Å². The van der Waals surface area contributed by atoms with Gasteiger partial charge in [-0.05, 0) is 45.9 Å². The van der Waals surface area contributed by atoms with Crippen molar-refractivity contribution in [1.29, 1.82) is 0 Å². The molecule has 1 aliphatic carbocycles. The summed E-state index contributed by atoms with van der Waals surface area (Å²) in [6.07, 6.45) is -2.76. The molecular weight excluding hydrogens is 542 g/mol. The first kappa shape index (κ1) is 33.8. The summed E-state index contributed by atoms with van der Waals surface area (Å²) in [5.41, 5.74) is 17.0. The van der Waals surface area contributed by atoms with Crippen LogP contribution >= 0.6 is 0 Å². The van der Waals surface area contributed by atoms with Crippen molar-refractivity contribution >= 4 is 6.03 Å². The Morgan fingerprint density at radius 3 is 2.66 bits per heavy atom. The molecule has 2 heterocycles. The molecule has 2 fully saturated rings. The van der Waals surface area contributed by atoms with E-state index in [4.69, 9.17) is 36.5 Å². The van der Waals surface area contributed by atoms with E-state index in [1.54, 1.807) is 7.05 Å². The molecule has 16 nitrogen and oxygen atoms in total. The second-order valence-corrected chi connectivity index (χ2v) is 11.2. The highest BCUT2D eigenvalue weighted by molar-refractivity contribution is 5.73. The van der Waals surface area contributed by atoms with Crippen molar-refractivity contribution in [2.75, 3.05) is 46.4 Å². The Hall–Kier alpha value is -1.67. The number of urea groups is 1. The Morgan fingerprint density at radius 2 is 2.00 bits per heavy atom. The molecule has 16 heteroatoms. The number of nitrogens with one attached hydrogen (secondary N) is 3. The number of hydroxylamine groups is 2. The van der Waals surface area contributed by atoms with E-state index in [-0.39, 0.29) is 32.7 Å². The lowest BCUT2D eigenvalue weighted by molar-refractivity contribution is -0.297. The number of rotatable bonds is 12. The number of carbonyl (C=O) groups is 1. The van der Waals surface area contributed by atoms with Gasteiger partial charge in [0.05, 0.1) is 37.9 Å². The molecule has 0 aromatic heterocycles. The van der Waals surface area contributed by atoms with Gasteiger partial charge in [0.25, 0.3) is 0 Å². The molecule has 2 aliphatic heterocycles. The van der Waals surface area contributed by atoms with Gasteiger partial charge in [-0.3, -0.25) is 5.21 Å². The summed E-state index contributed by atoms with van der Waals surface area (Å²) in [6, 6.07) is -3.77. The van der Waals surface area contributed by atoms with Gasteiger partial charge in [0.2, 0.25) is 0 Å². The molecule has 2 amide bonds. The van der Waals surface area contributed by atoms with E-state index >= 15 is 0 Å². The van der Waals surface area contributed by atoms with Gasteiger partial charge in [-0.2, -0.15) is 0 Å². The number of ether oxygens (including phenoxy) is 3. The van der Waals surface area contributed by atoms with Gasteiger partial charge in [0.15, 0.2) is 6.29 Å². The van der Waals surface area contributed by atoms with Gasteiger partial charge in [-0.25, -0.2) is 9.86 Å². The molecule has 238 valence electrons. The lowest BCUT2D eigenvalue weighted by Crippen LogP contribution is -2.69. The first-order valence-electron chi connectivity index (χ1n) is 14.1. The minimum Gasteiger partial charge on any atom is -0.492 e. The van der Waals surface area contributed by atoms with Crippen LogP contribution in [0.4, 0.5) is 4.79 Å². The highest BCUT2D eigenvalue weighted by Crippen LogP contribution is 2.36. The third-order valence-corrected chi connectivity index (χ3v) is 7.98. The lowest BCUT2D eigenvalue weighted by atomic mass is 9.72. The van der Waals surface area contributed by atoms with Crippen LogP contribution in [-0.4, -0.2) is 144 Å². The Kier molecular flexibility index (Phi) is 12.5. The van der Waals surface area contributed by atoms with Gasteiger partial charge < -0.3 is 67.8 Å². The SMILES string of the molecule is CNC1C(O)C(OC2C(NC(=O)N(O)CCN)CC(N)C(C3OC(CNCCCO)=CCC3N)C2O)OCC1(C)O. The Labute approximate surface area is 240 Å². The molecule has 11 atom stereocenters. The number of amides is 2. The van der Waals surface area contributed by atoms with E-state index in [0.717, 1.165) is 0 Å². The number of carbonyl (C=O) groups excluding carboxylic acids is 1. The van der Waals surface area contributed by atoms with E-state index < -0.39 is 72.4 Å². The number of hydrogen-bond donors (Lipinski definition) is 11. The van der Waals surface area contributed by atoms with Crippen molar-refractivity contribution in [2.24, 2.45) is 23.1 Å². The number of hydrogen-bond acceptors (Lipinski definition) is 14. The Morgan fingerprint density at radius 1 is 1.27 bits per heavy atom. The van der Waals surface area contributed by atoms with E-state index in [1.807, 2.05) is 6.08 Å². The van der Waals surface area contributed by atoms with E-state index in [0.29, 0.717) is 36.8 Å². The number of likely N-dealkylation sites (N-methyl/N-ethyl adjacent to an activating group) is 1. The smallest absolute Gasteiger partial charge is 0.341 e. The minimum atomic E-state index is -1.39. The summed E-state index contributed by atoms with van der Waals surface area (Å²) in [6.45, 7) is 2.30. The molecule has 41 heavy (non-hydrogen) atoms. The third-order valence-electron chi connectivity index (χ3n) is 7.98. The fourth-order valence-corrected chi connectivity index (χ4v) is 5.83. The lowest BCUT2D eigenvalue weighted by Gasteiger charge is -2.50. The minimum absolute atomic E-state index is 0.0216. The average molecular weight is 592 g/mol. The first-order chi connectivity index (χ1) is 19.4. The second kappa shape index (κ2) is 15.2. The van der Waals surface area contributed by atoms with Crippen LogP contribution in [0.2, 0.25) is 0 Å². The fourth-order valence-electron chi connectivity index (χ4n) is 5.83. The zero-order valence-corrected chi connectivity index (χ0v) is 23.8. The van der Waals surface area contributed by atoms with Crippen LogP contribution in [0.5, 0.6) is 0 Å². The van der Waals surface area contributed by atoms with Crippen molar-refractivity contribution in [3.8, 4) is 0 Å². The summed E-state index contributed by atoms with van der Waals surface area (Å²) >= 11 is 0. The van der Waals surface area contributed by atoms with Gasteiger partial charge in [0, 0.05) is 31.2 Å². The van der Waals surface area contributed by atoms with Crippen molar-refractivity contribution in [3.63, 3.8) is 0 Å². The van der Waals surface area contributed by atoms with Gasteiger partial charge in [-0.15, -0.1) is 0 Å². The monoisotopic (exact) mass is 591 g/mol. The maximum Gasteiger partial charge on any atom is 0.341 e. The Balaban J connectivity index is 1.83.